The van der Waals surface area contributed by atoms with Crippen molar-refractivity contribution in [2.24, 2.45) is 0 Å². The maximum Gasteiger partial charge on any atom is 0.407 e. The summed E-state index contributed by atoms with van der Waals surface area (Å²) in [6, 6.07) is 5.66. The number of rotatable bonds is 3. The number of aromatic carboxylic acids is 1. The highest BCUT2D eigenvalue weighted by atomic mass is 16.5. The van der Waals surface area contributed by atoms with E-state index in [2.05, 4.69) is 10.1 Å². The fourth-order valence-corrected chi connectivity index (χ4v) is 2.23. The van der Waals surface area contributed by atoms with Crippen molar-refractivity contribution in [3.8, 4) is 0 Å². The number of carbonyl (C=O) groups excluding carboxylic acids is 2. The Kier molecular flexibility index (Phi) is 4.42. The maximum absolute atomic E-state index is 12.3. The molecule has 0 spiro atoms. The summed E-state index contributed by atoms with van der Waals surface area (Å²) in [7, 11) is 1.29. The Morgan fingerprint density at radius 3 is 2.43 bits per heavy atom. The van der Waals surface area contributed by atoms with Gasteiger partial charge in [-0.25, -0.2) is 9.59 Å². The minimum Gasteiger partial charge on any atom is -0.478 e. The van der Waals surface area contributed by atoms with Crippen LogP contribution >= 0.6 is 0 Å². The van der Waals surface area contributed by atoms with Crippen molar-refractivity contribution in [3.63, 3.8) is 0 Å². The quantitative estimate of drug-likeness (QED) is 0.865. The van der Waals surface area contributed by atoms with Gasteiger partial charge in [0.2, 0.25) is 0 Å². The average Bonchev–Trinajstić information content (AvgIpc) is 2.94. The standard InChI is InChI=1S/C14H16N2O5/c1-21-14(20)15-11-6-7-16(8-11)12(17)9-2-4-10(5-3-9)13(18)19/h2-5,11H,6-8H2,1H3,(H,15,20)(H,18,19). The molecule has 1 saturated heterocycles. The first-order valence-corrected chi connectivity index (χ1v) is 6.48. The summed E-state index contributed by atoms with van der Waals surface area (Å²) in [4.78, 5) is 35.8. The van der Waals surface area contributed by atoms with E-state index in [9.17, 15) is 14.4 Å². The van der Waals surface area contributed by atoms with Crippen molar-refractivity contribution in [1.29, 1.82) is 0 Å². The second-order valence-electron chi connectivity index (χ2n) is 4.76. The number of ether oxygens (including phenoxy) is 1. The van der Waals surface area contributed by atoms with Gasteiger partial charge in [-0.05, 0) is 30.7 Å². The molecule has 0 aromatic heterocycles. The van der Waals surface area contributed by atoms with Gasteiger partial charge < -0.3 is 20.1 Å². The molecule has 1 aliphatic heterocycles. The summed E-state index contributed by atoms with van der Waals surface area (Å²) in [6.07, 6.45) is 0.147. The normalized spacial score (nSPS) is 17.4. The van der Waals surface area contributed by atoms with Gasteiger partial charge in [0.25, 0.3) is 5.91 Å². The van der Waals surface area contributed by atoms with E-state index in [1.54, 1.807) is 4.90 Å². The lowest BCUT2D eigenvalue weighted by Crippen LogP contribution is -2.38. The Bertz CT molecular complexity index is 555. The van der Waals surface area contributed by atoms with Gasteiger partial charge in [0, 0.05) is 18.7 Å². The van der Waals surface area contributed by atoms with Gasteiger partial charge in [0.1, 0.15) is 0 Å². The van der Waals surface area contributed by atoms with Crippen LogP contribution in [0.2, 0.25) is 0 Å². The number of carboxylic acids is 1. The van der Waals surface area contributed by atoms with E-state index < -0.39 is 12.1 Å². The molecule has 7 heteroatoms. The molecule has 1 aromatic carbocycles. The average molecular weight is 292 g/mol. The molecule has 21 heavy (non-hydrogen) atoms. The van der Waals surface area contributed by atoms with Gasteiger partial charge in [-0.2, -0.15) is 0 Å². The van der Waals surface area contributed by atoms with E-state index in [0.29, 0.717) is 25.1 Å². The van der Waals surface area contributed by atoms with E-state index in [0.717, 1.165) is 0 Å². The number of benzene rings is 1. The second kappa shape index (κ2) is 6.25. The topological polar surface area (TPSA) is 95.9 Å². The summed E-state index contributed by atoms with van der Waals surface area (Å²) < 4.78 is 4.52. The van der Waals surface area contributed by atoms with Crippen LogP contribution < -0.4 is 5.32 Å². The summed E-state index contributed by atoms with van der Waals surface area (Å²) >= 11 is 0. The van der Waals surface area contributed by atoms with Crippen LogP contribution in [0.1, 0.15) is 27.1 Å². The van der Waals surface area contributed by atoms with Crippen LogP contribution in [0.4, 0.5) is 4.79 Å². The van der Waals surface area contributed by atoms with Crippen LogP contribution in [0.3, 0.4) is 0 Å². The van der Waals surface area contributed by atoms with Gasteiger partial charge in [0.05, 0.1) is 18.7 Å². The fourth-order valence-electron chi connectivity index (χ4n) is 2.23. The largest absolute Gasteiger partial charge is 0.478 e. The number of hydrogen-bond acceptors (Lipinski definition) is 4. The minimum absolute atomic E-state index is 0.125. The van der Waals surface area contributed by atoms with E-state index in [-0.39, 0.29) is 17.5 Å². The molecule has 2 N–H and O–H groups in total. The number of likely N-dealkylation sites (tertiary alicyclic amines) is 1. The molecule has 0 aliphatic carbocycles. The molecular formula is C14H16N2O5. The lowest BCUT2D eigenvalue weighted by atomic mass is 10.1. The number of methoxy groups -OCH3 is 1. The van der Waals surface area contributed by atoms with Crippen LogP contribution in [0, 0.1) is 0 Å². The third-order valence-corrected chi connectivity index (χ3v) is 3.36. The Balaban J connectivity index is 1.98. The highest BCUT2D eigenvalue weighted by Gasteiger charge is 2.28. The summed E-state index contributed by atoms with van der Waals surface area (Å²) in [5, 5.41) is 11.5. The van der Waals surface area contributed by atoms with Crippen LogP contribution in [0.15, 0.2) is 24.3 Å². The summed E-state index contributed by atoms with van der Waals surface area (Å²) in [5.41, 5.74) is 0.567. The fraction of sp³-hybridized carbons (Fsp3) is 0.357. The Hall–Kier alpha value is -2.57. The molecule has 1 aromatic rings. The third-order valence-electron chi connectivity index (χ3n) is 3.36. The zero-order valence-corrected chi connectivity index (χ0v) is 11.5. The van der Waals surface area contributed by atoms with E-state index in [1.807, 2.05) is 0 Å². The molecule has 2 rings (SSSR count). The Morgan fingerprint density at radius 1 is 1.24 bits per heavy atom. The number of hydrogen-bond donors (Lipinski definition) is 2. The smallest absolute Gasteiger partial charge is 0.407 e. The van der Waals surface area contributed by atoms with Gasteiger partial charge in [-0.1, -0.05) is 0 Å². The Morgan fingerprint density at radius 2 is 1.86 bits per heavy atom. The first-order chi connectivity index (χ1) is 10.0. The van der Waals surface area contributed by atoms with Crippen molar-refractivity contribution in [1.82, 2.24) is 10.2 Å². The number of nitrogens with zero attached hydrogens (tertiary/aromatic N) is 1. The minimum atomic E-state index is -1.03. The van der Waals surface area contributed by atoms with Gasteiger partial charge >= 0.3 is 12.1 Å². The Labute approximate surface area is 121 Å². The molecule has 0 bridgehead atoms. The summed E-state index contributed by atoms with van der Waals surface area (Å²) in [6.45, 7) is 0.947. The zero-order chi connectivity index (χ0) is 15.4. The number of carboxylic acid groups (broad SMARTS) is 1. The SMILES string of the molecule is COC(=O)NC1CCN(C(=O)c2ccc(C(=O)O)cc2)C1. The maximum atomic E-state index is 12.3. The van der Waals surface area contributed by atoms with Crippen molar-refractivity contribution in [2.75, 3.05) is 20.2 Å². The highest BCUT2D eigenvalue weighted by molar-refractivity contribution is 5.96. The number of alkyl carbamates (subject to hydrolysis) is 1. The molecular weight excluding hydrogens is 276 g/mol. The summed E-state index contributed by atoms with van der Waals surface area (Å²) in [5.74, 6) is -1.21. The van der Waals surface area contributed by atoms with E-state index in [4.69, 9.17) is 5.11 Å². The van der Waals surface area contributed by atoms with Crippen molar-refractivity contribution < 1.29 is 24.2 Å². The van der Waals surface area contributed by atoms with Crippen LogP contribution in [-0.4, -0.2) is 54.2 Å². The first kappa shape index (κ1) is 14.8. The molecule has 7 nitrogen and oxygen atoms in total. The molecule has 2 amide bonds. The predicted octanol–water partition coefficient (Wildman–Crippen LogP) is 0.955. The van der Waals surface area contributed by atoms with Gasteiger partial charge in [-0.3, -0.25) is 4.79 Å². The van der Waals surface area contributed by atoms with Gasteiger partial charge in [-0.15, -0.1) is 0 Å². The molecule has 0 saturated carbocycles. The number of amides is 2. The third kappa shape index (κ3) is 3.50. The molecule has 112 valence electrons. The molecule has 0 radical (unpaired) electrons. The monoisotopic (exact) mass is 292 g/mol. The van der Waals surface area contributed by atoms with Crippen molar-refractivity contribution >= 4 is 18.0 Å². The van der Waals surface area contributed by atoms with Crippen LogP contribution in [-0.2, 0) is 4.74 Å². The number of carbonyl (C=O) groups is 3. The predicted molar refractivity (Wildman–Crippen MR) is 73.3 cm³/mol. The highest BCUT2D eigenvalue weighted by Crippen LogP contribution is 2.14. The van der Waals surface area contributed by atoms with Crippen LogP contribution in [0.25, 0.3) is 0 Å². The van der Waals surface area contributed by atoms with Crippen LogP contribution in [0.5, 0.6) is 0 Å². The van der Waals surface area contributed by atoms with E-state index >= 15 is 0 Å². The lowest BCUT2D eigenvalue weighted by molar-refractivity contribution is 0.0695. The lowest BCUT2D eigenvalue weighted by Gasteiger charge is -2.17. The number of nitrogens with one attached hydrogen (secondary N) is 1. The second-order valence-corrected chi connectivity index (χ2v) is 4.76. The molecule has 1 fully saturated rings. The molecule has 1 heterocycles. The van der Waals surface area contributed by atoms with Crippen molar-refractivity contribution in [2.45, 2.75) is 12.5 Å². The van der Waals surface area contributed by atoms with Gasteiger partial charge in [0.15, 0.2) is 0 Å². The zero-order valence-electron chi connectivity index (χ0n) is 11.5. The molecule has 1 atom stereocenters. The molecule has 1 unspecified atom stereocenters. The van der Waals surface area contributed by atoms with Crippen molar-refractivity contribution in [3.05, 3.63) is 35.4 Å². The first-order valence-electron chi connectivity index (χ1n) is 6.48. The molecule has 1 aliphatic rings. The van der Waals surface area contributed by atoms with E-state index in [1.165, 1.54) is 31.4 Å².